The molecule has 96 valence electrons. The number of benzene rings is 1. The fourth-order valence-electron chi connectivity index (χ4n) is 2.87. The maximum absolute atomic E-state index is 12.4. The number of carbonyl (C=O) groups excluding carboxylic acids is 1. The van der Waals surface area contributed by atoms with Crippen molar-refractivity contribution in [3.8, 4) is 0 Å². The van der Waals surface area contributed by atoms with Crippen molar-refractivity contribution in [3.63, 3.8) is 0 Å². The summed E-state index contributed by atoms with van der Waals surface area (Å²) in [6.07, 6.45) is 1.31. The molecule has 0 aliphatic carbocycles. The van der Waals surface area contributed by atoms with Gasteiger partial charge in [0.25, 0.3) is 5.91 Å². The lowest BCUT2D eigenvalue weighted by Gasteiger charge is -2.22. The fourth-order valence-corrected chi connectivity index (χ4v) is 2.87. The number of amides is 1. The largest absolute Gasteiger partial charge is 0.373 e. The summed E-state index contributed by atoms with van der Waals surface area (Å²) in [6.45, 7) is 1.07. The van der Waals surface area contributed by atoms with E-state index in [4.69, 9.17) is 4.74 Å². The summed E-state index contributed by atoms with van der Waals surface area (Å²) in [6, 6.07) is 9.72. The van der Waals surface area contributed by atoms with Crippen LogP contribution in [-0.2, 0) is 16.1 Å². The van der Waals surface area contributed by atoms with Crippen LogP contribution in [0, 0.1) is 0 Å². The van der Waals surface area contributed by atoms with Crippen molar-refractivity contribution in [2.45, 2.75) is 37.6 Å². The summed E-state index contributed by atoms with van der Waals surface area (Å²) < 4.78 is 5.60. The Balaban J connectivity index is 1.79. The molecule has 0 saturated carbocycles. The van der Waals surface area contributed by atoms with Crippen LogP contribution in [0.1, 0.15) is 24.8 Å². The minimum Gasteiger partial charge on any atom is -0.373 e. The first-order valence-electron chi connectivity index (χ1n) is 6.38. The second kappa shape index (κ2) is 4.37. The van der Waals surface area contributed by atoms with E-state index in [9.17, 15) is 9.90 Å². The number of hydrogen-bond donors (Lipinski definition) is 1. The molecule has 2 saturated heterocycles. The highest BCUT2D eigenvalue weighted by Crippen LogP contribution is 2.39. The Hall–Kier alpha value is -1.39. The zero-order chi connectivity index (χ0) is 12.6. The Bertz CT molecular complexity index is 440. The molecule has 1 N–H and O–H groups in total. The SMILES string of the molecule is O=C1N(Cc2ccccc2)[C@@H](O)C[C@@]12CCCO2. The van der Waals surface area contributed by atoms with Crippen molar-refractivity contribution in [1.29, 1.82) is 0 Å². The van der Waals surface area contributed by atoms with E-state index in [2.05, 4.69) is 0 Å². The van der Waals surface area contributed by atoms with Gasteiger partial charge in [-0.1, -0.05) is 30.3 Å². The van der Waals surface area contributed by atoms with E-state index in [0.29, 0.717) is 19.6 Å². The molecule has 1 aromatic rings. The summed E-state index contributed by atoms with van der Waals surface area (Å²) in [4.78, 5) is 13.9. The minimum absolute atomic E-state index is 0.0589. The number of aliphatic hydroxyl groups excluding tert-OH is 1. The van der Waals surface area contributed by atoms with Crippen LogP contribution in [0.4, 0.5) is 0 Å². The number of ether oxygens (including phenoxy) is 1. The standard InChI is InChI=1S/C14H17NO3/c16-12-9-14(7-4-8-18-14)13(17)15(12)10-11-5-2-1-3-6-11/h1-3,5-6,12,16H,4,7-10H2/t12-,14-/m0/s1. The van der Waals surface area contributed by atoms with Crippen LogP contribution >= 0.6 is 0 Å². The van der Waals surface area contributed by atoms with Gasteiger partial charge in [-0.05, 0) is 18.4 Å². The molecule has 0 radical (unpaired) electrons. The lowest BCUT2D eigenvalue weighted by molar-refractivity contribution is -0.147. The van der Waals surface area contributed by atoms with Crippen molar-refractivity contribution in [1.82, 2.24) is 4.90 Å². The average molecular weight is 247 g/mol. The molecule has 18 heavy (non-hydrogen) atoms. The van der Waals surface area contributed by atoms with Gasteiger partial charge >= 0.3 is 0 Å². The lowest BCUT2D eigenvalue weighted by Crippen LogP contribution is -2.40. The third-order valence-electron chi connectivity index (χ3n) is 3.82. The zero-order valence-electron chi connectivity index (χ0n) is 10.2. The first-order chi connectivity index (χ1) is 8.71. The third kappa shape index (κ3) is 1.82. The van der Waals surface area contributed by atoms with E-state index in [0.717, 1.165) is 18.4 Å². The minimum atomic E-state index is -0.742. The molecule has 0 unspecified atom stereocenters. The Kier molecular flexibility index (Phi) is 2.84. The number of likely N-dealkylation sites (tertiary alicyclic amines) is 1. The van der Waals surface area contributed by atoms with Crippen LogP contribution < -0.4 is 0 Å². The van der Waals surface area contributed by atoms with Crippen LogP contribution in [0.25, 0.3) is 0 Å². The molecule has 2 fully saturated rings. The lowest BCUT2D eigenvalue weighted by atomic mass is 9.98. The number of hydrogen-bond acceptors (Lipinski definition) is 3. The number of carbonyl (C=O) groups is 1. The molecular formula is C14H17NO3. The first kappa shape index (κ1) is 11.7. The van der Waals surface area contributed by atoms with Gasteiger partial charge in [-0.25, -0.2) is 0 Å². The Morgan fingerprint density at radius 2 is 2.17 bits per heavy atom. The van der Waals surface area contributed by atoms with E-state index in [1.165, 1.54) is 4.90 Å². The van der Waals surface area contributed by atoms with Crippen molar-refractivity contribution >= 4 is 5.91 Å². The summed E-state index contributed by atoms with van der Waals surface area (Å²) in [5.74, 6) is -0.0589. The zero-order valence-corrected chi connectivity index (χ0v) is 10.2. The van der Waals surface area contributed by atoms with Gasteiger partial charge in [-0.2, -0.15) is 0 Å². The molecule has 1 amide bonds. The maximum atomic E-state index is 12.4. The van der Waals surface area contributed by atoms with E-state index in [1.807, 2.05) is 30.3 Å². The summed E-state index contributed by atoms with van der Waals surface area (Å²) in [5.41, 5.74) is 0.286. The average Bonchev–Trinajstić information content (AvgIpc) is 2.93. The van der Waals surface area contributed by atoms with E-state index in [-0.39, 0.29) is 5.91 Å². The highest BCUT2D eigenvalue weighted by molar-refractivity contribution is 5.88. The first-order valence-corrected chi connectivity index (χ1v) is 6.38. The quantitative estimate of drug-likeness (QED) is 0.856. The van der Waals surface area contributed by atoms with Gasteiger partial charge in [0.1, 0.15) is 6.23 Å². The highest BCUT2D eigenvalue weighted by atomic mass is 16.5. The van der Waals surface area contributed by atoms with E-state index >= 15 is 0 Å². The van der Waals surface area contributed by atoms with Crippen molar-refractivity contribution in [2.75, 3.05) is 6.61 Å². The van der Waals surface area contributed by atoms with E-state index in [1.54, 1.807) is 0 Å². The molecular weight excluding hydrogens is 230 g/mol. The van der Waals surface area contributed by atoms with Gasteiger partial charge in [0.15, 0.2) is 5.60 Å². The Labute approximate surface area is 106 Å². The van der Waals surface area contributed by atoms with Gasteiger partial charge in [0, 0.05) is 19.6 Å². The molecule has 4 heteroatoms. The van der Waals surface area contributed by atoms with Gasteiger partial charge in [-0.15, -0.1) is 0 Å². The predicted molar refractivity (Wildman–Crippen MR) is 65.5 cm³/mol. The van der Waals surface area contributed by atoms with Crippen LogP contribution in [0.15, 0.2) is 30.3 Å². The van der Waals surface area contributed by atoms with Crippen molar-refractivity contribution in [3.05, 3.63) is 35.9 Å². The van der Waals surface area contributed by atoms with E-state index < -0.39 is 11.8 Å². The van der Waals surface area contributed by atoms with Crippen molar-refractivity contribution < 1.29 is 14.6 Å². The monoisotopic (exact) mass is 247 g/mol. The van der Waals surface area contributed by atoms with Crippen LogP contribution in [0.3, 0.4) is 0 Å². The normalized spacial score (nSPS) is 31.5. The molecule has 2 heterocycles. The maximum Gasteiger partial charge on any atom is 0.257 e. The van der Waals surface area contributed by atoms with Crippen LogP contribution in [0.2, 0.25) is 0 Å². The fraction of sp³-hybridized carbons (Fsp3) is 0.500. The molecule has 1 spiro atoms. The smallest absolute Gasteiger partial charge is 0.257 e. The van der Waals surface area contributed by atoms with Gasteiger partial charge in [-0.3, -0.25) is 4.79 Å². The predicted octanol–water partition coefficient (Wildman–Crippen LogP) is 1.29. The molecule has 0 bridgehead atoms. The molecule has 0 aromatic heterocycles. The molecule has 3 rings (SSSR count). The van der Waals surface area contributed by atoms with Gasteiger partial charge in [0.2, 0.25) is 0 Å². The van der Waals surface area contributed by atoms with Crippen LogP contribution in [-0.4, -0.2) is 34.3 Å². The Morgan fingerprint density at radius 1 is 1.39 bits per heavy atom. The number of aliphatic hydroxyl groups is 1. The van der Waals surface area contributed by atoms with Gasteiger partial charge in [0.05, 0.1) is 0 Å². The number of rotatable bonds is 2. The summed E-state index contributed by atoms with van der Waals surface area (Å²) in [5, 5.41) is 10.1. The highest BCUT2D eigenvalue weighted by Gasteiger charge is 2.53. The number of nitrogens with zero attached hydrogens (tertiary/aromatic N) is 1. The molecule has 4 nitrogen and oxygen atoms in total. The second-order valence-electron chi connectivity index (χ2n) is 5.05. The topological polar surface area (TPSA) is 49.8 Å². The molecule has 2 aliphatic rings. The third-order valence-corrected chi connectivity index (χ3v) is 3.82. The van der Waals surface area contributed by atoms with Crippen LogP contribution in [0.5, 0.6) is 0 Å². The van der Waals surface area contributed by atoms with Gasteiger partial charge < -0.3 is 14.7 Å². The van der Waals surface area contributed by atoms with Crippen molar-refractivity contribution in [2.24, 2.45) is 0 Å². The second-order valence-corrected chi connectivity index (χ2v) is 5.05. The molecule has 2 aliphatic heterocycles. The summed E-state index contributed by atoms with van der Waals surface area (Å²) in [7, 11) is 0. The summed E-state index contributed by atoms with van der Waals surface area (Å²) >= 11 is 0. The molecule has 1 aromatic carbocycles. The molecule has 2 atom stereocenters. The Morgan fingerprint density at radius 3 is 2.83 bits per heavy atom.